The topological polar surface area (TPSA) is 100 Å². The van der Waals surface area contributed by atoms with Crippen LogP contribution in [0.25, 0.3) is 11.5 Å². The van der Waals surface area contributed by atoms with Gasteiger partial charge in [-0.25, -0.2) is 9.18 Å². The van der Waals surface area contributed by atoms with Crippen molar-refractivity contribution in [2.24, 2.45) is 0 Å². The highest BCUT2D eigenvalue weighted by atomic mass is 19.1. The van der Waals surface area contributed by atoms with E-state index in [-0.39, 0.29) is 17.8 Å². The lowest BCUT2D eigenvalue weighted by Crippen LogP contribution is -2.33. The van der Waals surface area contributed by atoms with Crippen molar-refractivity contribution >= 4 is 17.6 Å². The Morgan fingerprint density at radius 2 is 1.67 bits per heavy atom. The van der Waals surface area contributed by atoms with Crippen molar-refractivity contribution in [2.75, 3.05) is 18.9 Å². The predicted octanol–water partition coefficient (Wildman–Crippen LogP) is 4.82. The number of nitrogens with one attached hydrogen (secondary N) is 2. The van der Waals surface area contributed by atoms with E-state index in [2.05, 4.69) is 20.8 Å². The monoisotopic (exact) mass is 487 g/mol. The summed E-state index contributed by atoms with van der Waals surface area (Å²) >= 11 is 0. The number of aromatic nitrogens is 2. The SMILES string of the molecule is Cc1ccc(NC(=O)N(C)CCc2noc(-c3ccc(C(=O)NCc4ccc(F)cc4)cc3)n2)cc1. The van der Waals surface area contributed by atoms with Crippen molar-refractivity contribution in [3.05, 3.63) is 101 Å². The van der Waals surface area contributed by atoms with Gasteiger partial charge >= 0.3 is 6.03 Å². The van der Waals surface area contributed by atoms with Crippen LogP contribution in [0.2, 0.25) is 0 Å². The number of hydrogen-bond donors (Lipinski definition) is 2. The molecule has 184 valence electrons. The third-order valence-electron chi connectivity index (χ3n) is 5.55. The van der Waals surface area contributed by atoms with Crippen molar-refractivity contribution in [3.8, 4) is 11.5 Å². The predicted molar refractivity (Wildman–Crippen MR) is 134 cm³/mol. The summed E-state index contributed by atoms with van der Waals surface area (Å²) in [5, 5.41) is 9.64. The fourth-order valence-electron chi connectivity index (χ4n) is 3.35. The second-order valence-electron chi connectivity index (χ2n) is 8.37. The molecule has 0 saturated carbocycles. The first-order valence-electron chi connectivity index (χ1n) is 11.4. The molecule has 0 unspecified atom stereocenters. The molecule has 0 aliphatic rings. The first-order valence-corrected chi connectivity index (χ1v) is 11.4. The lowest BCUT2D eigenvalue weighted by Gasteiger charge is -2.17. The normalized spacial score (nSPS) is 10.6. The van der Waals surface area contributed by atoms with Crippen molar-refractivity contribution in [2.45, 2.75) is 19.9 Å². The van der Waals surface area contributed by atoms with E-state index >= 15 is 0 Å². The molecule has 36 heavy (non-hydrogen) atoms. The maximum Gasteiger partial charge on any atom is 0.321 e. The van der Waals surface area contributed by atoms with Gasteiger partial charge in [0, 0.05) is 43.4 Å². The number of amides is 3. The highest BCUT2D eigenvalue weighted by Gasteiger charge is 2.14. The van der Waals surface area contributed by atoms with Crippen molar-refractivity contribution < 1.29 is 18.5 Å². The third kappa shape index (κ3) is 6.53. The molecule has 1 aromatic heterocycles. The quantitative estimate of drug-likeness (QED) is 0.371. The Morgan fingerprint density at radius 3 is 2.36 bits per heavy atom. The van der Waals surface area contributed by atoms with Gasteiger partial charge in [0.1, 0.15) is 5.82 Å². The molecule has 1 heterocycles. The van der Waals surface area contributed by atoms with Crippen molar-refractivity contribution in [3.63, 3.8) is 0 Å². The molecule has 3 aromatic carbocycles. The minimum absolute atomic E-state index is 0.226. The summed E-state index contributed by atoms with van der Waals surface area (Å²) in [5.41, 5.74) is 3.80. The number of aryl methyl sites for hydroxylation is 1. The zero-order valence-corrected chi connectivity index (χ0v) is 20.0. The van der Waals surface area contributed by atoms with Crippen LogP contribution in [-0.2, 0) is 13.0 Å². The van der Waals surface area contributed by atoms with Crippen LogP contribution in [-0.4, -0.2) is 40.6 Å². The van der Waals surface area contributed by atoms with Gasteiger partial charge in [-0.2, -0.15) is 4.98 Å². The Balaban J connectivity index is 1.27. The van der Waals surface area contributed by atoms with Crippen LogP contribution in [0, 0.1) is 12.7 Å². The number of likely N-dealkylation sites (N-methyl/N-ethyl adjacent to an activating group) is 1. The van der Waals surface area contributed by atoms with Crippen LogP contribution < -0.4 is 10.6 Å². The van der Waals surface area contributed by atoms with Crippen LogP contribution >= 0.6 is 0 Å². The van der Waals surface area contributed by atoms with Gasteiger partial charge in [0.15, 0.2) is 5.82 Å². The summed E-state index contributed by atoms with van der Waals surface area (Å²) in [6, 6.07) is 20.1. The van der Waals surface area contributed by atoms with E-state index in [4.69, 9.17) is 4.52 Å². The van der Waals surface area contributed by atoms with E-state index in [0.717, 1.165) is 16.8 Å². The molecule has 0 atom stereocenters. The van der Waals surface area contributed by atoms with E-state index in [1.807, 2.05) is 31.2 Å². The molecule has 0 radical (unpaired) electrons. The van der Waals surface area contributed by atoms with Gasteiger partial charge in [0.05, 0.1) is 0 Å². The molecule has 9 heteroatoms. The van der Waals surface area contributed by atoms with Crippen LogP contribution in [0.15, 0.2) is 77.3 Å². The largest absolute Gasteiger partial charge is 0.348 e. The fourth-order valence-corrected chi connectivity index (χ4v) is 3.35. The summed E-state index contributed by atoms with van der Waals surface area (Å²) in [5.74, 6) is 0.237. The summed E-state index contributed by atoms with van der Waals surface area (Å²) in [6.07, 6.45) is 0.422. The Bertz CT molecular complexity index is 1320. The van der Waals surface area contributed by atoms with E-state index in [9.17, 15) is 14.0 Å². The molecule has 0 spiro atoms. The minimum Gasteiger partial charge on any atom is -0.348 e. The Hall–Kier alpha value is -4.53. The molecule has 8 nitrogen and oxygen atoms in total. The lowest BCUT2D eigenvalue weighted by atomic mass is 10.1. The number of hydrogen-bond acceptors (Lipinski definition) is 5. The molecule has 0 saturated heterocycles. The highest BCUT2D eigenvalue weighted by Crippen LogP contribution is 2.18. The average Bonchev–Trinajstić information content (AvgIpc) is 3.37. The first-order chi connectivity index (χ1) is 17.4. The number of nitrogens with zero attached hydrogens (tertiary/aromatic N) is 3. The molecule has 0 aliphatic heterocycles. The highest BCUT2D eigenvalue weighted by molar-refractivity contribution is 5.94. The van der Waals surface area contributed by atoms with Crippen LogP contribution in [0.5, 0.6) is 0 Å². The van der Waals surface area contributed by atoms with Crippen LogP contribution in [0.3, 0.4) is 0 Å². The number of halogens is 1. The van der Waals surface area contributed by atoms with E-state index in [1.165, 1.54) is 12.1 Å². The molecule has 4 aromatic rings. The molecule has 2 N–H and O–H groups in total. The third-order valence-corrected chi connectivity index (χ3v) is 5.55. The average molecular weight is 488 g/mol. The smallest absolute Gasteiger partial charge is 0.321 e. The van der Waals surface area contributed by atoms with Gasteiger partial charge in [-0.05, 0) is 61.0 Å². The second-order valence-corrected chi connectivity index (χ2v) is 8.37. The number of urea groups is 1. The van der Waals surface area contributed by atoms with Gasteiger partial charge in [-0.3, -0.25) is 4.79 Å². The number of anilines is 1. The van der Waals surface area contributed by atoms with Crippen molar-refractivity contribution in [1.82, 2.24) is 20.4 Å². The van der Waals surface area contributed by atoms with Crippen LogP contribution in [0.4, 0.5) is 14.9 Å². The van der Waals surface area contributed by atoms with Gasteiger partial charge < -0.3 is 20.1 Å². The van der Waals surface area contributed by atoms with Gasteiger partial charge in [-0.1, -0.05) is 35.0 Å². The Labute approximate surface area is 208 Å². The molecule has 0 aliphatic carbocycles. The first kappa shape index (κ1) is 24.6. The van der Waals surface area contributed by atoms with E-state index < -0.39 is 0 Å². The standard InChI is InChI=1S/C27H26FN5O3/c1-18-3-13-23(14-4-18)30-27(35)33(2)16-15-24-31-26(36-32-24)21-9-7-20(8-10-21)25(34)29-17-19-5-11-22(28)12-6-19/h3-14H,15-17H2,1-2H3,(H,29,34)(H,30,35). The Morgan fingerprint density at radius 1 is 0.972 bits per heavy atom. The number of rotatable bonds is 8. The molecule has 4 rings (SSSR count). The molecular weight excluding hydrogens is 461 g/mol. The zero-order chi connectivity index (χ0) is 25.5. The molecule has 0 fully saturated rings. The number of carbonyl (C=O) groups is 2. The summed E-state index contributed by atoms with van der Waals surface area (Å²) in [4.78, 5) is 30.7. The van der Waals surface area contributed by atoms with Gasteiger partial charge in [-0.15, -0.1) is 0 Å². The van der Waals surface area contributed by atoms with Crippen LogP contribution in [0.1, 0.15) is 27.3 Å². The summed E-state index contributed by atoms with van der Waals surface area (Å²) < 4.78 is 18.4. The lowest BCUT2D eigenvalue weighted by molar-refractivity contribution is 0.0951. The molecule has 3 amide bonds. The van der Waals surface area contributed by atoms with E-state index in [1.54, 1.807) is 48.3 Å². The summed E-state index contributed by atoms with van der Waals surface area (Å²) in [6.45, 7) is 2.69. The molecule has 0 bridgehead atoms. The number of carbonyl (C=O) groups excluding carboxylic acids is 2. The van der Waals surface area contributed by atoms with Gasteiger partial charge in [0.25, 0.3) is 11.8 Å². The van der Waals surface area contributed by atoms with E-state index in [0.29, 0.717) is 42.4 Å². The maximum absolute atomic E-state index is 13.0. The van der Waals surface area contributed by atoms with Crippen molar-refractivity contribution in [1.29, 1.82) is 0 Å². The van der Waals surface area contributed by atoms with Gasteiger partial charge in [0.2, 0.25) is 0 Å². The zero-order valence-electron chi connectivity index (χ0n) is 20.0. The number of benzene rings is 3. The Kier molecular flexibility index (Phi) is 7.69. The fraction of sp³-hybridized carbons (Fsp3) is 0.185. The second kappa shape index (κ2) is 11.3. The summed E-state index contributed by atoms with van der Waals surface area (Å²) in [7, 11) is 1.70. The maximum atomic E-state index is 13.0. The molecular formula is C27H26FN5O3. The minimum atomic E-state index is -0.319.